The van der Waals surface area contributed by atoms with Gasteiger partial charge in [0.05, 0.1) is 17.4 Å². The molecule has 1 heterocycles. The van der Waals surface area contributed by atoms with Gasteiger partial charge in [0, 0.05) is 5.92 Å². The third kappa shape index (κ3) is 1.72. The molecule has 0 atom stereocenters. The summed E-state index contributed by atoms with van der Waals surface area (Å²) < 4.78 is 1.88. The average molecular weight is 222 g/mol. The van der Waals surface area contributed by atoms with E-state index in [1.807, 2.05) is 25.5 Å². The Morgan fingerprint density at radius 3 is 2.50 bits per heavy atom. The maximum Gasteiger partial charge on any atom is 0.339 e. The molecule has 1 saturated carbocycles. The molecular formula is C12H18N2O2. The van der Waals surface area contributed by atoms with Crippen molar-refractivity contribution >= 4 is 5.97 Å². The van der Waals surface area contributed by atoms with Crippen LogP contribution in [0.2, 0.25) is 0 Å². The molecule has 1 aromatic rings. The van der Waals surface area contributed by atoms with Crippen molar-refractivity contribution in [3.05, 3.63) is 17.5 Å². The summed E-state index contributed by atoms with van der Waals surface area (Å²) in [5, 5.41) is 13.4. The van der Waals surface area contributed by atoms with Gasteiger partial charge in [-0.3, -0.25) is 4.68 Å². The molecule has 1 N–H and O–H groups in total. The van der Waals surface area contributed by atoms with Gasteiger partial charge in [0.2, 0.25) is 0 Å². The summed E-state index contributed by atoms with van der Waals surface area (Å²) in [7, 11) is 0. The van der Waals surface area contributed by atoms with Crippen LogP contribution < -0.4 is 0 Å². The van der Waals surface area contributed by atoms with Crippen molar-refractivity contribution in [1.82, 2.24) is 9.78 Å². The number of carbonyl (C=O) groups is 1. The van der Waals surface area contributed by atoms with Gasteiger partial charge in [-0.15, -0.1) is 0 Å². The summed E-state index contributed by atoms with van der Waals surface area (Å²) in [4.78, 5) is 11.2. The van der Waals surface area contributed by atoms with E-state index in [-0.39, 0.29) is 5.54 Å². The minimum Gasteiger partial charge on any atom is -0.478 e. The summed E-state index contributed by atoms with van der Waals surface area (Å²) in [6.07, 6.45) is 4.85. The van der Waals surface area contributed by atoms with Gasteiger partial charge in [0.1, 0.15) is 5.56 Å². The number of aromatic nitrogens is 2. The fourth-order valence-corrected chi connectivity index (χ4v) is 2.13. The van der Waals surface area contributed by atoms with Crippen LogP contribution in [-0.4, -0.2) is 20.9 Å². The molecule has 0 spiro atoms. The molecule has 0 aromatic carbocycles. The highest BCUT2D eigenvalue weighted by Gasteiger charge is 2.32. The second kappa shape index (κ2) is 3.61. The van der Waals surface area contributed by atoms with Crippen LogP contribution in [0.1, 0.15) is 62.0 Å². The minimum atomic E-state index is -0.864. The highest BCUT2D eigenvalue weighted by molar-refractivity contribution is 5.89. The maximum atomic E-state index is 11.2. The third-order valence-corrected chi connectivity index (χ3v) is 3.16. The van der Waals surface area contributed by atoms with Gasteiger partial charge in [0.25, 0.3) is 0 Å². The topological polar surface area (TPSA) is 55.1 Å². The van der Waals surface area contributed by atoms with Gasteiger partial charge in [-0.05, 0) is 33.6 Å². The number of hydrogen-bond acceptors (Lipinski definition) is 2. The van der Waals surface area contributed by atoms with E-state index in [0.29, 0.717) is 11.5 Å². The van der Waals surface area contributed by atoms with Crippen LogP contribution in [0.25, 0.3) is 0 Å². The van der Waals surface area contributed by atoms with E-state index in [4.69, 9.17) is 5.11 Å². The molecule has 0 amide bonds. The van der Waals surface area contributed by atoms with E-state index in [1.165, 1.54) is 12.6 Å². The number of aromatic carboxylic acids is 1. The monoisotopic (exact) mass is 222 g/mol. The zero-order valence-electron chi connectivity index (χ0n) is 10.0. The lowest BCUT2D eigenvalue weighted by Gasteiger charge is -2.31. The lowest BCUT2D eigenvalue weighted by atomic mass is 9.81. The number of hydrogen-bond donors (Lipinski definition) is 1. The second-order valence-corrected chi connectivity index (χ2v) is 5.46. The molecule has 16 heavy (non-hydrogen) atoms. The quantitative estimate of drug-likeness (QED) is 0.836. The number of carboxylic acid groups (broad SMARTS) is 1. The Labute approximate surface area is 95.3 Å². The predicted octanol–water partition coefficient (Wildman–Crippen LogP) is 2.60. The first kappa shape index (κ1) is 11.2. The Balaban J connectivity index is 2.49. The zero-order valence-corrected chi connectivity index (χ0v) is 10.0. The van der Waals surface area contributed by atoms with Gasteiger partial charge in [-0.25, -0.2) is 4.79 Å². The van der Waals surface area contributed by atoms with Crippen LogP contribution in [-0.2, 0) is 5.54 Å². The van der Waals surface area contributed by atoms with Crippen molar-refractivity contribution in [2.24, 2.45) is 0 Å². The lowest BCUT2D eigenvalue weighted by molar-refractivity contribution is 0.0693. The first-order chi connectivity index (χ1) is 7.41. The third-order valence-electron chi connectivity index (χ3n) is 3.16. The van der Waals surface area contributed by atoms with Crippen LogP contribution in [0, 0.1) is 0 Å². The van der Waals surface area contributed by atoms with Crippen molar-refractivity contribution < 1.29 is 9.90 Å². The molecule has 1 fully saturated rings. The SMILES string of the molecule is CC(C)(C)n1ncc(C(=O)O)c1C1CCC1. The Morgan fingerprint density at radius 1 is 1.50 bits per heavy atom. The largest absolute Gasteiger partial charge is 0.478 e. The summed E-state index contributed by atoms with van der Waals surface area (Å²) in [5.41, 5.74) is 1.13. The molecule has 0 unspecified atom stereocenters. The molecular weight excluding hydrogens is 204 g/mol. The number of carboxylic acids is 1. The fourth-order valence-electron chi connectivity index (χ4n) is 2.13. The van der Waals surface area contributed by atoms with Gasteiger partial charge < -0.3 is 5.11 Å². The molecule has 1 aliphatic carbocycles. The summed E-state index contributed by atoms with van der Waals surface area (Å²) in [6.45, 7) is 6.15. The number of nitrogens with zero attached hydrogens (tertiary/aromatic N) is 2. The summed E-state index contributed by atoms with van der Waals surface area (Å²) in [6, 6.07) is 0. The van der Waals surface area contributed by atoms with E-state index < -0.39 is 5.97 Å². The van der Waals surface area contributed by atoms with Crippen LogP contribution in [0.3, 0.4) is 0 Å². The summed E-state index contributed by atoms with van der Waals surface area (Å²) >= 11 is 0. The fraction of sp³-hybridized carbons (Fsp3) is 0.667. The smallest absolute Gasteiger partial charge is 0.339 e. The summed E-state index contributed by atoms with van der Waals surface area (Å²) in [5.74, 6) is -0.481. The maximum absolute atomic E-state index is 11.2. The van der Waals surface area contributed by atoms with E-state index in [0.717, 1.165) is 18.5 Å². The molecule has 0 bridgehead atoms. The molecule has 88 valence electrons. The highest BCUT2D eigenvalue weighted by Crippen LogP contribution is 2.39. The molecule has 1 aromatic heterocycles. The van der Waals surface area contributed by atoms with Gasteiger partial charge in [-0.1, -0.05) is 6.42 Å². The molecule has 4 heteroatoms. The molecule has 0 saturated heterocycles. The molecule has 1 aliphatic rings. The molecule has 4 nitrogen and oxygen atoms in total. The molecule has 0 aliphatic heterocycles. The highest BCUT2D eigenvalue weighted by atomic mass is 16.4. The van der Waals surface area contributed by atoms with Crippen LogP contribution in [0.4, 0.5) is 0 Å². The Hall–Kier alpha value is -1.32. The normalized spacial score (nSPS) is 17.2. The van der Waals surface area contributed by atoms with E-state index in [2.05, 4.69) is 5.10 Å². The Bertz CT molecular complexity index is 411. The van der Waals surface area contributed by atoms with E-state index >= 15 is 0 Å². The average Bonchev–Trinajstić information content (AvgIpc) is 2.43. The molecule has 0 radical (unpaired) electrons. The first-order valence-corrected chi connectivity index (χ1v) is 5.73. The van der Waals surface area contributed by atoms with Crippen LogP contribution in [0.15, 0.2) is 6.20 Å². The van der Waals surface area contributed by atoms with Crippen molar-refractivity contribution in [3.63, 3.8) is 0 Å². The van der Waals surface area contributed by atoms with E-state index in [9.17, 15) is 4.79 Å². The van der Waals surface area contributed by atoms with Crippen molar-refractivity contribution in [2.45, 2.75) is 51.5 Å². The lowest BCUT2D eigenvalue weighted by Crippen LogP contribution is -2.29. The second-order valence-electron chi connectivity index (χ2n) is 5.46. The van der Waals surface area contributed by atoms with Gasteiger partial charge in [0.15, 0.2) is 0 Å². The van der Waals surface area contributed by atoms with Gasteiger partial charge >= 0.3 is 5.97 Å². The van der Waals surface area contributed by atoms with Crippen molar-refractivity contribution in [3.8, 4) is 0 Å². The first-order valence-electron chi connectivity index (χ1n) is 5.73. The van der Waals surface area contributed by atoms with Crippen molar-refractivity contribution in [2.75, 3.05) is 0 Å². The van der Waals surface area contributed by atoms with Crippen LogP contribution in [0.5, 0.6) is 0 Å². The Morgan fingerprint density at radius 2 is 2.12 bits per heavy atom. The standard InChI is InChI=1S/C12H18N2O2/c1-12(2,3)14-10(8-5-4-6-8)9(7-13-14)11(15)16/h7-8H,4-6H2,1-3H3,(H,15,16). The van der Waals surface area contributed by atoms with Gasteiger partial charge in [-0.2, -0.15) is 5.10 Å². The predicted molar refractivity (Wildman–Crippen MR) is 60.8 cm³/mol. The minimum absolute atomic E-state index is 0.154. The van der Waals surface area contributed by atoms with E-state index in [1.54, 1.807) is 0 Å². The molecule has 2 rings (SSSR count). The Kier molecular flexibility index (Phi) is 2.52. The zero-order chi connectivity index (χ0) is 11.9. The number of rotatable bonds is 2. The van der Waals surface area contributed by atoms with Crippen LogP contribution >= 0.6 is 0 Å². The van der Waals surface area contributed by atoms with Crippen molar-refractivity contribution in [1.29, 1.82) is 0 Å².